The van der Waals surface area contributed by atoms with Gasteiger partial charge in [-0.05, 0) is 37.6 Å². The topological polar surface area (TPSA) is 87.5 Å². The van der Waals surface area contributed by atoms with Crippen molar-refractivity contribution in [2.24, 2.45) is 0 Å². The van der Waals surface area contributed by atoms with Gasteiger partial charge in [-0.25, -0.2) is 0 Å². The van der Waals surface area contributed by atoms with Gasteiger partial charge in [0.25, 0.3) is 0 Å². The van der Waals surface area contributed by atoms with E-state index in [1.807, 2.05) is 4.90 Å². The van der Waals surface area contributed by atoms with Gasteiger partial charge < -0.3 is 16.4 Å². The van der Waals surface area contributed by atoms with Gasteiger partial charge in [0.05, 0.1) is 12.6 Å². The molecule has 1 aromatic carbocycles. The number of hydrogen-bond acceptors (Lipinski definition) is 4. The summed E-state index contributed by atoms with van der Waals surface area (Å²) in [5.41, 5.74) is 6.94. The lowest BCUT2D eigenvalue weighted by molar-refractivity contribution is -0.126. The molecule has 0 saturated carbocycles. The molecule has 0 bridgehead atoms. The summed E-state index contributed by atoms with van der Waals surface area (Å²) in [5, 5.41) is 5.43. The van der Waals surface area contributed by atoms with Crippen molar-refractivity contribution in [3.63, 3.8) is 0 Å². The number of anilines is 2. The molecule has 6 heteroatoms. The summed E-state index contributed by atoms with van der Waals surface area (Å²) in [4.78, 5) is 25.6. The average Bonchev–Trinajstić information content (AvgIpc) is 2.85. The van der Waals surface area contributed by atoms with Crippen LogP contribution in [0.15, 0.2) is 24.3 Å². The zero-order valence-electron chi connectivity index (χ0n) is 11.6. The molecule has 1 aliphatic rings. The largest absolute Gasteiger partial charge is 0.399 e. The second kappa shape index (κ2) is 6.38. The number of hydrogen-bond donors (Lipinski definition) is 3. The molecule has 1 aliphatic heterocycles. The van der Waals surface area contributed by atoms with Crippen LogP contribution >= 0.6 is 0 Å². The third kappa shape index (κ3) is 3.48. The van der Waals surface area contributed by atoms with E-state index in [9.17, 15) is 9.59 Å². The average molecular weight is 276 g/mol. The minimum absolute atomic E-state index is 0.0285. The normalized spacial score (nSPS) is 18.8. The van der Waals surface area contributed by atoms with Crippen LogP contribution in [0.2, 0.25) is 0 Å². The van der Waals surface area contributed by atoms with Crippen LogP contribution in [0.3, 0.4) is 0 Å². The molecule has 0 radical (unpaired) electrons. The molecular formula is C14H20N4O2. The zero-order valence-corrected chi connectivity index (χ0v) is 11.6. The summed E-state index contributed by atoms with van der Waals surface area (Å²) in [5.74, 6) is -0.161. The van der Waals surface area contributed by atoms with Crippen molar-refractivity contribution in [1.82, 2.24) is 10.2 Å². The Morgan fingerprint density at radius 1 is 1.45 bits per heavy atom. The van der Waals surface area contributed by atoms with Gasteiger partial charge in [-0.15, -0.1) is 0 Å². The number of benzene rings is 1. The van der Waals surface area contributed by atoms with Crippen molar-refractivity contribution < 1.29 is 9.59 Å². The molecule has 108 valence electrons. The van der Waals surface area contributed by atoms with Crippen molar-refractivity contribution in [2.75, 3.05) is 31.2 Å². The van der Waals surface area contributed by atoms with Crippen LogP contribution in [-0.4, -0.2) is 42.9 Å². The minimum atomic E-state index is -0.202. The van der Waals surface area contributed by atoms with E-state index < -0.39 is 0 Å². The fourth-order valence-electron chi connectivity index (χ4n) is 2.48. The van der Waals surface area contributed by atoms with Gasteiger partial charge in [-0.2, -0.15) is 0 Å². The van der Waals surface area contributed by atoms with E-state index in [1.54, 1.807) is 31.3 Å². The Labute approximate surface area is 118 Å². The van der Waals surface area contributed by atoms with E-state index in [1.165, 1.54) is 0 Å². The predicted molar refractivity (Wildman–Crippen MR) is 78.1 cm³/mol. The van der Waals surface area contributed by atoms with E-state index >= 15 is 0 Å². The lowest BCUT2D eigenvalue weighted by atomic mass is 10.2. The number of carbonyl (C=O) groups is 2. The molecule has 1 heterocycles. The summed E-state index contributed by atoms with van der Waals surface area (Å²) < 4.78 is 0. The third-order valence-corrected chi connectivity index (χ3v) is 3.43. The summed E-state index contributed by atoms with van der Waals surface area (Å²) >= 11 is 0. The van der Waals surface area contributed by atoms with Crippen molar-refractivity contribution in [2.45, 2.75) is 18.9 Å². The Morgan fingerprint density at radius 3 is 2.95 bits per heavy atom. The van der Waals surface area contributed by atoms with Crippen molar-refractivity contribution >= 4 is 23.2 Å². The van der Waals surface area contributed by atoms with E-state index in [-0.39, 0.29) is 24.4 Å². The molecule has 1 aromatic rings. The van der Waals surface area contributed by atoms with Gasteiger partial charge in [-0.1, -0.05) is 6.07 Å². The number of likely N-dealkylation sites (N-methyl/N-ethyl adjacent to an activating group) is 1. The smallest absolute Gasteiger partial charge is 0.238 e. The molecule has 0 aliphatic carbocycles. The Kier molecular flexibility index (Phi) is 4.57. The van der Waals surface area contributed by atoms with E-state index in [4.69, 9.17) is 5.73 Å². The SMILES string of the molecule is CNC(=O)C1CCCN1CC(=O)Nc1cccc(N)c1. The monoisotopic (exact) mass is 276 g/mol. The maximum atomic E-state index is 12.0. The van der Waals surface area contributed by atoms with Crippen LogP contribution in [0.25, 0.3) is 0 Å². The van der Waals surface area contributed by atoms with Crippen LogP contribution < -0.4 is 16.4 Å². The molecule has 0 spiro atoms. The molecule has 4 N–H and O–H groups in total. The standard InChI is InChI=1S/C14H20N4O2/c1-16-14(20)12-6-3-7-18(12)9-13(19)17-11-5-2-4-10(15)8-11/h2,4-5,8,12H,3,6-7,9,15H2,1H3,(H,16,20)(H,17,19). The highest BCUT2D eigenvalue weighted by Crippen LogP contribution is 2.17. The highest BCUT2D eigenvalue weighted by molar-refractivity contribution is 5.93. The van der Waals surface area contributed by atoms with Crippen LogP contribution in [0.5, 0.6) is 0 Å². The summed E-state index contributed by atoms with van der Waals surface area (Å²) in [6.45, 7) is 0.981. The van der Waals surface area contributed by atoms with Gasteiger partial charge in [0.2, 0.25) is 11.8 Å². The lowest BCUT2D eigenvalue weighted by Crippen LogP contribution is -2.45. The van der Waals surface area contributed by atoms with Crippen molar-refractivity contribution in [3.05, 3.63) is 24.3 Å². The molecule has 1 fully saturated rings. The molecule has 0 aromatic heterocycles. The maximum absolute atomic E-state index is 12.0. The lowest BCUT2D eigenvalue weighted by Gasteiger charge is -2.22. The number of carbonyl (C=O) groups excluding carboxylic acids is 2. The number of rotatable bonds is 4. The fourth-order valence-corrected chi connectivity index (χ4v) is 2.48. The number of nitrogens with two attached hydrogens (primary N) is 1. The predicted octanol–water partition coefficient (Wildman–Crippen LogP) is 0.418. The van der Waals surface area contributed by atoms with Crippen molar-refractivity contribution in [3.8, 4) is 0 Å². The Balaban J connectivity index is 1.92. The number of nitrogens with one attached hydrogen (secondary N) is 2. The van der Waals surface area contributed by atoms with Gasteiger partial charge in [0, 0.05) is 18.4 Å². The summed E-state index contributed by atoms with van der Waals surface area (Å²) in [6.07, 6.45) is 1.73. The second-order valence-electron chi connectivity index (χ2n) is 4.92. The first kappa shape index (κ1) is 14.3. The Bertz CT molecular complexity index is 504. The van der Waals surface area contributed by atoms with E-state index in [0.717, 1.165) is 19.4 Å². The molecule has 20 heavy (non-hydrogen) atoms. The number of nitrogen functional groups attached to an aromatic ring is 1. The van der Waals surface area contributed by atoms with Crippen molar-refractivity contribution in [1.29, 1.82) is 0 Å². The van der Waals surface area contributed by atoms with Gasteiger partial charge in [0.15, 0.2) is 0 Å². The Hall–Kier alpha value is -2.08. The molecule has 2 rings (SSSR count). The second-order valence-corrected chi connectivity index (χ2v) is 4.92. The first-order chi connectivity index (χ1) is 9.60. The summed E-state index contributed by atoms with van der Waals surface area (Å²) in [7, 11) is 1.62. The number of likely N-dealkylation sites (tertiary alicyclic amines) is 1. The van der Waals surface area contributed by atoms with Gasteiger partial charge in [-0.3, -0.25) is 14.5 Å². The van der Waals surface area contributed by atoms with Crippen LogP contribution in [0.1, 0.15) is 12.8 Å². The summed E-state index contributed by atoms with van der Waals surface area (Å²) in [6, 6.07) is 6.84. The molecular weight excluding hydrogens is 256 g/mol. The fraction of sp³-hybridized carbons (Fsp3) is 0.429. The van der Waals surface area contributed by atoms with Gasteiger partial charge in [0.1, 0.15) is 0 Å². The highest BCUT2D eigenvalue weighted by atomic mass is 16.2. The quantitative estimate of drug-likeness (QED) is 0.695. The molecule has 1 unspecified atom stereocenters. The molecule has 6 nitrogen and oxygen atoms in total. The first-order valence-electron chi connectivity index (χ1n) is 6.71. The van der Waals surface area contributed by atoms with Crippen LogP contribution in [0.4, 0.5) is 11.4 Å². The molecule has 1 atom stereocenters. The molecule has 1 saturated heterocycles. The Morgan fingerprint density at radius 2 is 2.25 bits per heavy atom. The maximum Gasteiger partial charge on any atom is 0.238 e. The highest BCUT2D eigenvalue weighted by Gasteiger charge is 2.31. The van der Waals surface area contributed by atoms with E-state index in [0.29, 0.717) is 11.4 Å². The van der Waals surface area contributed by atoms with E-state index in [2.05, 4.69) is 10.6 Å². The molecule has 2 amide bonds. The minimum Gasteiger partial charge on any atom is -0.399 e. The first-order valence-corrected chi connectivity index (χ1v) is 6.71. The van der Waals surface area contributed by atoms with Crippen LogP contribution in [0, 0.1) is 0 Å². The van der Waals surface area contributed by atoms with Crippen LogP contribution in [-0.2, 0) is 9.59 Å². The third-order valence-electron chi connectivity index (χ3n) is 3.43. The number of amides is 2. The number of nitrogens with zero attached hydrogens (tertiary/aromatic N) is 1. The zero-order chi connectivity index (χ0) is 14.5. The van der Waals surface area contributed by atoms with Gasteiger partial charge >= 0.3 is 0 Å².